The minimum Gasteiger partial charge on any atom is -0.481 e. The van der Waals surface area contributed by atoms with Gasteiger partial charge in [0.05, 0.1) is 5.92 Å². The van der Waals surface area contributed by atoms with E-state index in [0.717, 1.165) is 47.9 Å². The van der Waals surface area contributed by atoms with Gasteiger partial charge in [-0.15, -0.1) is 0 Å². The Balaban J connectivity index is 1.36. The lowest BCUT2D eigenvalue weighted by Gasteiger charge is -2.29. The molecule has 0 radical (unpaired) electrons. The summed E-state index contributed by atoms with van der Waals surface area (Å²) >= 11 is 0. The molecule has 0 heterocycles. The summed E-state index contributed by atoms with van der Waals surface area (Å²) in [6.45, 7) is 2.21. The standard InChI is InChI=1S/C28H34N2O5/c1-2-3-15-25(26(31)29-19-10-8-9-18(16-19)27(32)33)30-28(34)35-17-24-22-13-6-4-11-20(22)21-12-5-7-14-23(21)24/h4-7,11-14,18-19,24-25H,2-3,8-10,15-17H2,1H3,(H,29,31)(H,30,34)(H,32,33)/t18-,19-,25+/m1/s1. The third-order valence-corrected chi connectivity index (χ3v) is 7.17. The Morgan fingerprint density at radius 3 is 2.31 bits per heavy atom. The van der Waals surface area contributed by atoms with Crippen molar-refractivity contribution in [2.24, 2.45) is 5.92 Å². The minimum atomic E-state index is -0.816. The summed E-state index contributed by atoms with van der Waals surface area (Å²) in [4.78, 5) is 37.1. The van der Waals surface area contributed by atoms with E-state index in [1.165, 1.54) is 0 Å². The second-order valence-corrected chi connectivity index (χ2v) is 9.57. The normalized spacial score (nSPS) is 19.8. The van der Waals surface area contributed by atoms with Crippen LogP contribution in [0.3, 0.4) is 0 Å². The number of fused-ring (bicyclic) bond motifs is 3. The highest BCUT2D eigenvalue weighted by atomic mass is 16.5. The van der Waals surface area contributed by atoms with Crippen molar-refractivity contribution in [3.05, 3.63) is 59.7 Å². The molecule has 2 aromatic rings. The van der Waals surface area contributed by atoms with E-state index in [2.05, 4.69) is 34.9 Å². The monoisotopic (exact) mass is 478 g/mol. The number of alkyl carbamates (subject to hydrolysis) is 1. The molecule has 2 amide bonds. The zero-order chi connectivity index (χ0) is 24.8. The fraction of sp³-hybridized carbons (Fsp3) is 0.464. The molecule has 7 heteroatoms. The number of aliphatic carboxylic acids is 1. The number of carbonyl (C=O) groups is 3. The van der Waals surface area contributed by atoms with Crippen molar-refractivity contribution in [2.45, 2.75) is 69.9 Å². The van der Waals surface area contributed by atoms with Crippen molar-refractivity contribution in [3.8, 4) is 11.1 Å². The second kappa shape index (κ2) is 11.4. The van der Waals surface area contributed by atoms with Crippen molar-refractivity contribution < 1.29 is 24.2 Å². The highest BCUT2D eigenvalue weighted by Crippen LogP contribution is 2.44. The van der Waals surface area contributed by atoms with Crippen molar-refractivity contribution >= 4 is 18.0 Å². The van der Waals surface area contributed by atoms with Gasteiger partial charge in [0.15, 0.2) is 0 Å². The van der Waals surface area contributed by atoms with Crippen molar-refractivity contribution in [2.75, 3.05) is 6.61 Å². The molecule has 0 spiro atoms. The van der Waals surface area contributed by atoms with Crippen LogP contribution >= 0.6 is 0 Å². The molecular weight excluding hydrogens is 444 g/mol. The molecule has 35 heavy (non-hydrogen) atoms. The number of carboxylic acids is 1. The first kappa shape index (κ1) is 24.8. The molecular formula is C28H34N2O5. The van der Waals surface area contributed by atoms with Crippen LogP contribution in [0.25, 0.3) is 11.1 Å². The fourth-order valence-electron chi connectivity index (χ4n) is 5.31. The highest BCUT2D eigenvalue weighted by Gasteiger charge is 2.31. The van der Waals surface area contributed by atoms with E-state index in [1.807, 2.05) is 31.2 Å². The third kappa shape index (κ3) is 5.84. The molecule has 1 saturated carbocycles. The Morgan fingerprint density at radius 2 is 1.69 bits per heavy atom. The number of benzene rings is 2. The van der Waals surface area contributed by atoms with E-state index in [9.17, 15) is 19.5 Å². The molecule has 0 saturated heterocycles. The molecule has 0 aliphatic heterocycles. The maximum absolute atomic E-state index is 13.0. The lowest BCUT2D eigenvalue weighted by atomic mass is 9.85. The summed E-state index contributed by atoms with van der Waals surface area (Å²) < 4.78 is 5.63. The van der Waals surface area contributed by atoms with Gasteiger partial charge in [-0.1, -0.05) is 74.7 Å². The maximum Gasteiger partial charge on any atom is 0.407 e. The molecule has 0 aromatic heterocycles. The van der Waals surface area contributed by atoms with Gasteiger partial charge in [-0.2, -0.15) is 0 Å². The van der Waals surface area contributed by atoms with Gasteiger partial charge in [0.25, 0.3) is 0 Å². The van der Waals surface area contributed by atoms with Gasteiger partial charge in [-0.3, -0.25) is 9.59 Å². The van der Waals surface area contributed by atoms with Gasteiger partial charge in [0.2, 0.25) is 5.91 Å². The summed E-state index contributed by atoms with van der Waals surface area (Å²) in [6, 6.07) is 15.4. The maximum atomic E-state index is 13.0. The molecule has 4 rings (SSSR count). The Morgan fingerprint density at radius 1 is 1.03 bits per heavy atom. The molecule has 7 nitrogen and oxygen atoms in total. The lowest BCUT2D eigenvalue weighted by Crippen LogP contribution is -2.51. The molecule has 3 N–H and O–H groups in total. The Bertz CT molecular complexity index is 1020. The summed E-state index contributed by atoms with van der Waals surface area (Å²) in [5, 5.41) is 15.0. The van der Waals surface area contributed by atoms with E-state index in [0.29, 0.717) is 19.3 Å². The number of amides is 2. The largest absolute Gasteiger partial charge is 0.481 e. The van der Waals surface area contributed by atoms with E-state index in [4.69, 9.17) is 4.74 Å². The number of unbranched alkanes of at least 4 members (excludes halogenated alkanes) is 1. The van der Waals surface area contributed by atoms with Crippen LogP contribution in [0.1, 0.15) is 68.9 Å². The number of nitrogens with one attached hydrogen (secondary N) is 2. The van der Waals surface area contributed by atoms with Gasteiger partial charge < -0.3 is 20.5 Å². The number of carboxylic acid groups (broad SMARTS) is 1. The van der Waals surface area contributed by atoms with Crippen LogP contribution in [0.5, 0.6) is 0 Å². The molecule has 186 valence electrons. The van der Waals surface area contributed by atoms with Crippen LogP contribution in [-0.2, 0) is 14.3 Å². The zero-order valence-electron chi connectivity index (χ0n) is 20.2. The van der Waals surface area contributed by atoms with Crippen LogP contribution in [0.2, 0.25) is 0 Å². The molecule has 1 fully saturated rings. The number of rotatable bonds is 9. The summed E-state index contributed by atoms with van der Waals surface area (Å²) in [6.07, 6.45) is 4.13. The van der Waals surface area contributed by atoms with Gasteiger partial charge in [-0.05, 0) is 47.9 Å². The topological polar surface area (TPSA) is 105 Å². The molecule has 2 aliphatic carbocycles. The number of hydrogen-bond donors (Lipinski definition) is 3. The van der Waals surface area contributed by atoms with Gasteiger partial charge >= 0.3 is 12.1 Å². The lowest BCUT2D eigenvalue weighted by molar-refractivity contribution is -0.143. The van der Waals surface area contributed by atoms with Gasteiger partial charge in [0.1, 0.15) is 12.6 Å². The smallest absolute Gasteiger partial charge is 0.407 e. The molecule has 0 unspecified atom stereocenters. The Kier molecular flexibility index (Phi) is 8.06. The molecule has 3 atom stereocenters. The molecule has 2 aliphatic rings. The van der Waals surface area contributed by atoms with Crippen molar-refractivity contribution in [3.63, 3.8) is 0 Å². The van der Waals surface area contributed by atoms with Crippen LogP contribution in [0, 0.1) is 5.92 Å². The highest BCUT2D eigenvalue weighted by molar-refractivity contribution is 5.86. The van der Waals surface area contributed by atoms with Gasteiger partial charge in [-0.25, -0.2) is 4.79 Å². The first-order valence-corrected chi connectivity index (χ1v) is 12.6. The summed E-state index contributed by atoms with van der Waals surface area (Å²) in [7, 11) is 0. The predicted octanol–water partition coefficient (Wildman–Crippen LogP) is 4.84. The zero-order valence-corrected chi connectivity index (χ0v) is 20.2. The minimum absolute atomic E-state index is 0.0498. The van der Waals surface area contributed by atoms with Crippen LogP contribution in [0.4, 0.5) is 4.79 Å². The first-order valence-electron chi connectivity index (χ1n) is 12.6. The van der Waals surface area contributed by atoms with Crippen LogP contribution < -0.4 is 10.6 Å². The van der Waals surface area contributed by atoms with E-state index in [1.54, 1.807) is 0 Å². The number of ether oxygens (including phenoxy) is 1. The molecule has 0 bridgehead atoms. The Hall–Kier alpha value is -3.35. The van der Waals surface area contributed by atoms with E-state index < -0.39 is 24.0 Å². The Labute approximate surface area is 206 Å². The quantitative estimate of drug-likeness (QED) is 0.478. The van der Waals surface area contributed by atoms with Crippen molar-refractivity contribution in [1.82, 2.24) is 10.6 Å². The van der Waals surface area contributed by atoms with Crippen LogP contribution in [-0.4, -0.2) is 41.8 Å². The van der Waals surface area contributed by atoms with E-state index >= 15 is 0 Å². The first-order chi connectivity index (χ1) is 17.0. The fourth-order valence-corrected chi connectivity index (χ4v) is 5.31. The number of hydrogen-bond acceptors (Lipinski definition) is 4. The second-order valence-electron chi connectivity index (χ2n) is 9.57. The predicted molar refractivity (Wildman–Crippen MR) is 133 cm³/mol. The van der Waals surface area contributed by atoms with Crippen molar-refractivity contribution in [1.29, 1.82) is 0 Å². The SMILES string of the molecule is CCCC[C@H](NC(=O)OCC1c2ccccc2-c2ccccc21)C(=O)N[C@@H]1CCC[C@@H](C(=O)O)C1. The van der Waals surface area contributed by atoms with E-state index in [-0.39, 0.29) is 24.5 Å². The average Bonchev–Trinajstić information content (AvgIpc) is 3.19. The average molecular weight is 479 g/mol. The third-order valence-electron chi connectivity index (χ3n) is 7.17. The molecule has 2 aromatic carbocycles. The van der Waals surface area contributed by atoms with Gasteiger partial charge in [0, 0.05) is 12.0 Å². The van der Waals surface area contributed by atoms with Crippen LogP contribution in [0.15, 0.2) is 48.5 Å². The summed E-state index contributed by atoms with van der Waals surface area (Å²) in [5.74, 6) is -1.57. The summed E-state index contributed by atoms with van der Waals surface area (Å²) in [5.41, 5.74) is 4.58. The number of carbonyl (C=O) groups excluding carboxylic acids is 2.